The number of ether oxygens (including phenoxy) is 2. The molecule has 0 rings (SSSR count). The SMILES string of the molecule is O=C(O)COCC(=O)NCCOCC(F)F. The Morgan fingerprint density at radius 3 is 2.50 bits per heavy atom. The highest BCUT2D eigenvalue weighted by atomic mass is 19.3. The number of amides is 1. The van der Waals surface area contributed by atoms with Crippen LogP contribution in [0.1, 0.15) is 0 Å². The summed E-state index contributed by atoms with van der Waals surface area (Å²) in [5.41, 5.74) is 0. The van der Waals surface area contributed by atoms with Gasteiger partial charge in [0, 0.05) is 6.54 Å². The summed E-state index contributed by atoms with van der Waals surface area (Å²) in [6, 6.07) is 0. The second-order valence-electron chi connectivity index (χ2n) is 2.70. The molecule has 0 aliphatic rings. The third-order valence-corrected chi connectivity index (χ3v) is 1.27. The number of rotatable bonds is 9. The average Bonchev–Trinajstić information content (AvgIpc) is 2.16. The van der Waals surface area contributed by atoms with Crippen LogP contribution in [0.5, 0.6) is 0 Å². The first-order valence-corrected chi connectivity index (χ1v) is 4.44. The highest BCUT2D eigenvalue weighted by molar-refractivity contribution is 5.77. The Balaban J connectivity index is 3.27. The van der Waals surface area contributed by atoms with Gasteiger partial charge in [-0.1, -0.05) is 0 Å². The number of alkyl halides is 2. The monoisotopic (exact) mass is 241 g/mol. The van der Waals surface area contributed by atoms with E-state index < -0.39 is 31.5 Å². The standard InChI is InChI=1S/C8H13F2NO5/c9-6(10)3-15-2-1-11-7(12)4-16-5-8(13)14/h6H,1-5H2,(H,11,12)(H,13,14). The largest absolute Gasteiger partial charge is 0.480 e. The van der Waals surface area contributed by atoms with E-state index in [1.807, 2.05) is 0 Å². The number of hydrogen-bond donors (Lipinski definition) is 2. The lowest BCUT2D eigenvalue weighted by Gasteiger charge is -2.05. The molecule has 0 aromatic heterocycles. The Bertz CT molecular complexity index is 224. The Morgan fingerprint density at radius 1 is 1.25 bits per heavy atom. The van der Waals surface area contributed by atoms with Crippen molar-refractivity contribution < 1.29 is 33.0 Å². The second-order valence-corrected chi connectivity index (χ2v) is 2.70. The Kier molecular flexibility index (Phi) is 8.26. The number of carboxylic acid groups (broad SMARTS) is 1. The minimum absolute atomic E-state index is 0.0327. The van der Waals surface area contributed by atoms with Gasteiger partial charge < -0.3 is 19.9 Å². The Labute approximate surface area is 90.5 Å². The van der Waals surface area contributed by atoms with Gasteiger partial charge in [0.2, 0.25) is 5.91 Å². The molecule has 94 valence electrons. The summed E-state index contributed by atoms with van der Waals surface area (Å²) < 4.78 is 32.1. The third-order valence-electron chi connectivity index (χ3n) is 1.27. The van der Waals surface area contributed by atoms with Crippen molar-refractivity contribution in [3.63, 3.8) is 0 Å². The number of halogens is 2. The number of carbonyl (C=O) groups is 2. The number of nitrogens with one attached hydrogen (secondary N) is 1. The van der Waals surface area contributed by atoms with Crippen LogP contribution in [0, 0.1) is 0 Å². The van der Waals surface area contributed by atoms with Crippen molar-refractivity contribution in [1.82, 2.24) is 5.32 Å². The predicted molar refractivity (Wildman–Crippen MR) is 48.3 cm³/mol. The zero-order chi connectivity index (χ0) is 12.4. The van der Waals surface area contributed by atoms with Crippen LogP contribution in [-0.4, -0.2) is 56.4 Å². The molecule has 0 radical (unpaired) electrons. The smallest absolute Gasteiger partial charge is 0.329 e. The minimum atomic E-state index is -2.53. The number of aliphatic carboxylic acids is 1. The van der Waals surface area contributed by atoms with E-state index in [1.165, 1.54) is 0 Å². The van der Waals surface area contributed by atoms with Crippen molar-refractivity contribution >= 4 is 11.9 Å². The molecule has 0 saturated carbocycles. The van der Waals surface area contributed by atoms with Crippen LogP contribution in [-0.2, 0) is 19.1 Å². The maximum Gasteiger partial charge on any atom is 0.329 e. The molecular weight excluding hydrogens is 228 g/mol. The van der Waals surface area contributed by atoms with Gasteiger partial charge in [-0.05, 0) is 0 Å². The fraction of sp³-hybridized carbons (Fsp3) is 0.750. The van der Waals surface area contributed by atoms with Gasteiger partial charge in [-0.3, -0.25) is 4.79 Å². The number of carboxylic acids is 1. The van der Waals surface area contributed by atoms with Crippen molar-refractivity contribution in [2.24, 2.45) is 0 Å². The van der Waals surface area contributed by atoms with Gasteiger partial charge >= 0.3 is 5.97 Å². The van der Waals surface area contributed by atoms with Crippen LogP contribution < -0.4 is 5.32 Å². The molecule has 6 nitrogen and oxygen atoms in total. The van der Waals surface area contributed by atoms with Crippen molar-refractivity contribution in [2.45, 2.75) is 6.43 Å². The molecule has 1 amide bonds. The molecule has 0 aliphatic heterocycles. The highest BCUT2D eigenvalue weighted by Crippen LogP contribution is 1.91. The van der Waals surface area contributed by atoms with Crippen LogP contribution >= 0.6 is 0 Å². The van der Waals surface area contributed by atoms with Crippen LogP contribution in [0.25, 0.3) is 0 Å². The molecule has 0 aromatic carbocycles. The fourth-order valence-electron chi connectivity index (χ4n) is 0.717. The van der Waals surface area contributed by atoms with Gasteiger partial charge in [-0.15, -0.1) is 0 Å². The first-order chi connectivity index (χ1) is 7.52. The van der Waals surface area contributed by atoms with Gasteiger partial charge in [0.1, 0.15) is 19.8 Å². The maximum absolute atomic E-state index is 11.6. The van der Waals surface area contributed by atoms with Crippen LogP contribution in [0.2, 0.25) is 0 Å². The summed E-state index contributed by atoms with van der Waals surface area (Å²) >= 11 is 0. The zero-order valence-corrected chi connectivity index (χ0v) is 8.45. The summed E-state index contributed by atoms with van der Waals surface area (Å²) in [6.45, 7) is -1.58. The molecule has 0 saturated heterocycles. The normalized spacial score (nSPS) is 10.4. The number of carbonyl (C=O) groups excluding carboxylic acids is 1. The molecule has 0 fully saturated rings. The molecule has 16 heavy (non-hydrogen) atoms. The molecule has 0 heterocycles. The predicted octanol–water partition coefficient (Wildman–Crippen LogP) is -0.515. The molecule has 0 aliphatic carbocycles. The first-order valence-electron chi connectivity index (χ1n) is 4.44. The van der Waals surface area contributed by atoms with E-state index in [0.717, 1.165) is 0 Å². The molecule has 2 N–H and O–H groups in total. The van der Waals surface area contributed by atoms with Gasteiger partial charge in [0.25, 0.3) is 6.43 Å². The second kappa shape index (κ2) is 8.98. The third kappa shape index (κ3) is 10.8. The molecule has 0 aromatic rings. The zero-order valence-electron chi connectivity index (χ0n) is 8.45. The molecule has 0 unspecified atom stereocenters. The van der Waals surface area contributed by atoms with Crippen LogP contribution in [0.4, 0.5) is 8.78 Å². The van der Waals surface area contributed by atoms with Crippen molar-refractivity contribution in [3.8, 4) is 0 Å². The highest BCUT2D eigenvalue weighted by Gasteiger charge is 2.04. The van der Waals surface area contributed by atoms with E-state index >= 15 is 0 Å². The lowest BCUT2D eigenvalue weighted by atomic mass is 10.6. The molecular formula is C8H13F2NO5. The number of hydrogen-bond acceptors (Lipinski definition) is 4. The van der Waals surface area contributed by atoms with Gasteiger partial charge in [0.15, 0.2) is 0 Å². The topological polar surface area (TPSA) is 84.9 Å². The van der Waals surface area contributed by atoms with Crippen molar-refractivity contribution in [1.29, 1.82) is 0 Å². The average molecular weight is 241 g/mol. The summed E-state index contributed by atoms with van der Waals surface area (Å²) in [4.78, 5) is 20.9. The Morgan fingerprint density at radius 2 is 1.94 bits per heavy atom. The quantitative estimate of drug-likeness (QED) is 0.531. The first kappa shape index (κ1) is 14.7. The van der Waals surface area contributed by atoms with Gasteiger partial charge in [0.05, 0.1) is 6.61 Å². The van der Waals surface area contributed by atoms with Gasteiger partial charge in [-0.25, -0.2) is 13.6 Å². The lowest BCUT2D eigenvalue weighted by molar-refractivity contribution is -0.143. The van der Waals surface area contributed by atoms with E-state index in [2.05, 4.69) is 14.8 Å². The van der Waals surface area contributed by atoms with Crippen LogP contribution in [0.3, 0.4) is 0 Å². The summed E-state index contributed by atoms with van der Waals surface area (Å²) in [5, 5.41) is 10.5. The maximum atomic E-state index is 11.6. The molecule has 0 spiro atoms. The summed E-state index contributed by atoms with van der Waals surface area (Å²) in [6.07, 6.45) is -2.53. The fourth-order valence-corrected chi connectivity index (χ4v) is 0.717. The minimum Gasteiger partial charge on any atom is -0.480 e. The van der Waals surface area contributed by atoms with E-state index in [9.17, 15) is 18.4 Å². The van der Waals surface area contributed by atoms with E-state index in [4.69, 9.17) is 5.11 Å². The molecule has 0 atom stereocenters. The Hall–Kier alpha value is -1.28. The van der Waals surface area contributed by atoms with Crippen molar-refractivity contribution in [3.05, 3.63) is 0 Å². The molecule has 0 bridgehead atoms. The van der Waals surface area contributed by atoms with E-state index in [1.54, 1.807) is 0 Å². The lowest BCUT2D eigenvalue weighted by Crippen LogP contribution is -2.31. The van der Waals surface area contributed by atoms with Crippen LogP contribution in [0.15, 0.2) is 0 Å². The summed E-state index contributed by atoms with van der Waals surface area (Å²) in [5.74, 6) is -1.70. The van der Waals surface area contributed by atoms with Gasteiger partial charge in [-0.2, -0.15) is 0 Å². The molecule has 8 heteroatoms. The summed E-state index contributed by atoms with van der Waals surface area (Å²) in [7, 11) is 0. The van der Waals surface area contributed by atoms with E-state index in [0.29, 0.717) is 0 Å². The van der Waals surface area contributed by atoms with Crippen molar-refractivity contribution in [2.75, 3.05) is 33.0 Å². The van der Waals surface area contributed by atoms with E-state index in [-0.39, 0.29) is 19.8 Å².